The molecule has 0 radical (unpaired) electrons. The summed E-state index contributed by atoms with van der Waals surface area (Å²) in [6.07, 6.45) is 0. The number of aryl methyl sites for hydroxylation is 2. The van der Waals surface area contributed by atoms with E-state index in [1.54, 1.807) is 25.1 Å². The molecule has 0 aliphatic carbocycles. The van der Waals surface area contributed by atoms with Gasteiger partial charge in [-0.3, -0.25) is 10.1 Å². The minimum atomic E-state index is -3.67. The van der Waals surface area contributed by atoms with Crippen molar-refractivity contribution in [3.05, 3.63) is 46.6 Å². The van der Waals surface area contributed by atoms with E-state index in [0.717, 1.165) is 5.69 Å². The number of thiazole rings is 1. The number of nitrogens with zero attached hydrogens (tertiary/aromatic N) is 3. The number of ether oxygens (including phenoxy) is 1. The number of hydrogen-bond acceptors (Lipinski definition) is 8. The van der Waals surface area contributed by atoms with Gasteiger partial charge in [0.25, 0.3) is 5.91 Å². The quantitative estimate of drug-likeness (QED) is 0.638. The van der Waals surface area contributed by atoms with Gasteiger partial charge in [-0.15, -0.1) is 11.3 Å². The van der Waals surface area contributed by atoms with Crippen LogP contribution in [-0.2, 0) is 14.8 Å². The molecule has 1 aromatic carbocycles. The highest BCUT2D eigenvalue weighted by molar-refractivity contribution is 7.89. The number of benzene rings is 1. The molecular weight excluding hydrogens is 428 g/mol. The number of nitrogens with one attached hydrogen (secondary N) is 1. The number of hydrogen-bond donors (Lipinski definition) is 1. The van der Waals surface area contributed by atoms with Crippen LogP contribution in [0.1, 0.15) is 21.7 Å². The van der Waals surface area contributed by atoms with Crippen LogP contribution in [0.15, 0.2) is 39.1 Å². The molecule has 1 amide bonds. The first-order chi connectivity index (χ1) is 14.3. The lowest BCUT2D eigenvalue weighted by Gasteiger charge is -2.26. The number of morpholine rings is 1. The summed E-state index contributed by atoms with van der Waals surface area (Å²) in [5, 5.41) is 8.77. The van der Waals surface area contributed by atoms with Crippen molar-refractivity contribution < 1.29 is 22.5 Å². The molecule has 0 bridgehead atoms. The van der Waals surface area contributed by atoms with Gasteiger partial charge in [-0.2, -0.15) is 4.31 Å². The largest absolute Gasteiger partial charge is 0.379 e. The maximum Gasteiger partial charge on any atom is 0.279 e. The number of carbonyl (C=O) groups excluding carboxylic acids is 1. The Morgan fingerprint density at radius 2 is 1.97 bits per heavy atom. The van der Waals surface area contributed by atoms with E-state index >= 15 is 0 Å². The number of amides is 1. The van der Waals surface area contributed by atoms with Crippen LogP contribution in [0.2, 0.25) is 0 Å². The third-order valence-corrected chi connectivity index (χ3v) is 7.56. The lowest BCUT2D eigenvalue weighted by atomic mass is 10.1. The van der Waals surface area contributed by atoms with Crippen molar-refractivity contribution in [1.82, 2.24) is 14.4 Å². The molecule has 2 aromatic heterocycles. The minimum Gasteiger partial charge on any atom is -0.379 e. The first-order valence-electron chi connectivity index (χ1n) is 9.24. The number of anilines is 1. The van der Waals surface area contributed by atoms with Gasteiger partial charge in [0.1, 0.15) is 0 Å². The Bertz CT molecular complexity index is 1180. The van der Waals surface area contributed by atoms with Crippen molar-refractivity contribution in [2.45, 2.75) is 18.7 Å². The van der Waals surface area contributed by atoms with Crippen molar-refractivity contribution in [3.8, 4) is 11.3 Å². The Labute approximate surface area is 177 Å². The molecule has 0 spiro atoms. The van der Waals surface area contributed by atoms with Gasteiger partial charge in [-0.25, -0.2) is 13.4 Å². The monoisotopic (exact) mass is 448 g/mol. The third-order valence-electron chi connectivity index (χ3n) is 4.64. The summed E-state index contributed by atoms with van der Waals surface area (Å²) in [5.74, 6) is -0.151. The second kappa shape index (κ2) is 8.26. The van der Waals surface area contributed by atoms with Gasteiger partial charge in [0.05, 0.1) is 23.8 Å². The van der Waals surface area contributed by atoms with Crippen LogP contribution in [0.3, 0.4) is 0 Å². The van der Waals surface area contributed by atoms with Gasteiger partial charge in [-0.05, 0) is 25.5 Å². The standard InChI is InChI=1S/C19H20N4O5S2/c1-12-3-4-14(9-17(12)30(25,26)23-5-7-27-8-6-23)16-10-15(22-28-16)18(24)21-19-20-13(2)11-29-19/h3-4,9-11H,5-8H2,1-2H3,(H,20,21,24). The molecule has 3 aromatic rings. The molecule has 11 heteroatoms. The van der Waals surface area contributed by atoms with Gasteiger partial charge in [0.2, 0.25) is 10.0 Å². The average molecular weight is 449 g/mol. The number of sulfonamides is 1. The first kappa shape index (κ1) is 20.7. The van der Waals surface area contributed by atoms with E-state index < -0.39 is 15.9 Å². The van der Waals surface area contributed by atoms with E-state index in [0.29, 0.717) is 48.3 Å². The summed E-state index contributed by atoms with van der Waals surface area (Å²) in [5.41, 5.74) is 2.03. The normalized spacial score (nSPS) is 15.3. The summed E-state index contributed by atoms with van der Waals surface area (Å²) in [6, 6.07) is 6.47. The molecule has 1 aliphatic heterocycles. The van der Waals surface area contributed by atoms with Crippen LogP contribution in [0.5, 0.6) is 0 Å². The fraction of sp³-hybridized carbons (Fsp3) is 0.316. The summed E-state index contributed by atoms with van der Waals surface area (Å²) < 4.78 is 38.1. The third kappa shape index (κ3) is 4.15. The van der Waals surface area contributed by atoms with Crippen LogP contribution in [0.4, 0.5) is 5.13 Å². The minimum absolute atomic E-state index is 0.0796. The molecule has 0 unspecified atom stereocenters. The first-order valence-corrected chi connectivity index (χ1v) is 11.6. The Morgan fingerprint density at radius 1 is 1.20 bits per heavy atom. The number of carbonyl (C=O) groups is 1. The summed E-state index contributed by atoms with van der Waals surface area (Å²) in [6.45, 7) is 4.95. The van der Waals surface area contributed by atoms with Gasteiger partial charge in [0, 0.05) is 30.1 Å². The van der Waals surface area contributed by atoms with E-state index in [2.05, 4.69) is 15.5 Å². The smallest absolute Gasteiger partial charge is 0.279 e. The molecule has 0 saturated carbocycles. The SMILES string of the molecule is Cc1csc(NC(=O)c2cc(-c3ccc(C)c(S(=O)(=O)N4CCOCC4)c3)on2)n1. The highest BCUT2D eigenvalue weighted by Gasteiger charge is 2.28. The predicted molar refractivity (Wildman–Crippen MR) is 111 cm³/mol. The summed E-state index contributed by atoms with van der Waals surface area (Å²) >= 11 is 1.31. The van der Waals surface area contributed by atoms with E-state index in [1.807, 2.05) is 12.3 Å². The fourth-order valence-corrected chi connectivity index (χ4v) is 5.39. The van der Waals surface area contributed by atoms with E-state index in [-0.39, 0.29) is 10.6 Å². The molecule has 9 nitrogen and oxygen atoms in total. The fourth-order valence-electron chi connectivity index (χ4n) is 3.05. The maximum absolute atomic E-state index is 13.1. The van der Waals surface area contributed by atoms with Crippen molar-refractivity contribution >= 4 is 32.4 Å². The molecule has 1 fully saturated rings. The van der Waals surface area contributed by atoms with E-state index in [1.165, 1.54) is 21.7 Å². The van der Waals surface area contributed by atoms with Crippen molar-refractivity contribution in [2.75, 3.05) is 31.6 Å². The lowest BCUT2D eigenvalue weighted by Crippen LogP contribution is -2.40. The number of aromatic nitrogens is 2. The van der Waals surface area contributed by atoms with Gasteiger partial charge in [0.15, 0.2) is 16.6 Å². The Kier molecular flexibility index (Phi) is 5.69. The second-order valence-corrected chi connectivity index (χ2v) is 9.59. The van der Waals surface area contributed by atoms with Crippen LogP contribution < -0.4 is 5.32 Å². The zero-order chi connectivity index (χ0) is 21.3. The molecule has 158 valence electrons. The molecule has 1 saturated heterocycles. The van der Waals surface area contributed by atoms with Crippen LogP contribution in [-0.4, -0.2) is 55.1 Å². The van der Waals surface area contributed by atoms with Gasteiger partial charge in [-0.1, -0.05) is 17.3 Å². The molecule has 1 N–H and O–H groups in total. The molecular formula is C19H20N4O5S2. The highest BCUT2D eigenvalue weighted by Crippen LogP contribution is 2.28. The molecule has 30 heavy (non-hydrogen) atoms. The Balaban J connectivity index is 1.59. The topological polar surface area (TPSA) is 115 Å². The zero-order valence-corrected chi connectivity index (χ0v) is 18.0. The maximum atomic E-state index is 13.1. The summed E-state index contributed by atoms with van der Waals surface area (Å²) in [4.78, 5) is 16.8. The van der Waals surface area contributed by atoms with E-state index in [4.69, 9.17) is 9.26 Å². The van der Waals surface area contributed by atoms with Crippen molar-refractivity contribution in [1.29, 1.82) is 0 Å². The average Bonchev–Trinajstić information content (AvgIpc) is 3.38. The summed E-state index contributed by atoms with van der Waals surface area (Å²) in [7, 11) is -3.67. The molecule has 1 aliphatic rings. The van der Waals surface area contributed by atoms with Gasteiger partial charge >= 0.3 is 0 Å². The zero-order valence-electron chi connectivity index (χ0n) is 16.4. The second-order valence-electron chi connectivity index (χ2n) is 6.82. The van der Waals surface area contributed by atoms with Crippen molar-refractivity contribution in [2.24, 2.45) is 0 Å². The predicted octanol–water partition coefficient (Wildman–Crippen LogP) is 2.69. The van der Waals surface area contributed by atoms with E-state index in [9.17, 15) is 13.2 Å². The van der Waals surface area contributed by atoms with Crippen LogP contribution in [0, 0.1) is 13.8 Å². The molecule has 4 rings (SSSR count). The van der Waals surface area contributed by atoms with Gasteiger partial charge < -0.3 is 9.26 Å². The lowest BCUT2D eigenvalue weighted by molar-refractivity contribution is 0.0730. The highest BCUT2D eigenvalue weighted by atomic mass is 32.2. The Hall–Kier alpha value is -2.60. The van der Waals surface area contributed by atoms with Crippen molar-refractivity contribution in [3.63, 3.8) is 0 Å². The van der Waals surface area contributed by atoms with Crippen LogP contribution in [0.25, 0.3) is 11.3 Å². The molecule has 0 atom stereocenters. The number of rotatable bonds is 5. The molecule has 3 heterocycles. The Morgan fingerprint density at radius 3 is 2.67 bits per heavy atom. The van der Waals surface area contributed by atoms with Crippen LogP contribution >= 0.6 is 11.3 Å².